The Hall–Kier alpha value is -3.83. The Labute approximate surface area is 242 Å². The fraction of sp³-hybridized carbons (Fsp3) is 0.267. The Morgan fingerprint density at radius 1 is 0.905 bits per heavy atom. The Morgan fingerprint density at radius 3 is 2.19 bits per heavy atom. The van der Waals surface area contributed by atoms with E-state index < -0.39 is 36.1 Å². The van der Waals surface area contributed by atoms with E-state index in [9.17, 15) is 36.2 Å². The molecule has 2 heterocycles. The predicted octanol–water partition coefficient (Wildman–Crippen LogP) is 7.43. The minimum absolute atomic E-state index is 0.0596. The number of carbonyl (C=O) groups excluding carboxylic acids is 1. The molecule has 0 spiro atoms. The van der Waals surface area contributed by atoms with Crippen LogP contribution in [-0.4, -0.2) is 52.7 Å². The lowest BCUT2D eigenvalue weighted by Crippen LogP contribution is -2.62. The summed E-state index contributed by atoms with van der Waals surface area (Å²) in [6.45, 7) is 0.760. The van der Waals surface area contributed by atoms with E-state index in [1.54, 1.807) is 59.5 Å². The van der Waals surface area contributed by atoms with E-state index in [-0.39, 0.29) is 16.6 Å². The molecule has 3 aromatic rings. The number of para-hydroxylation sites is 1. The second-order valence-corrected chi connectivity index (χ2v) is 10.4. The van der Waals surface area contributed by atoms with Gasteiger partial charge in [0.25, 0.3) is 11.5 Å². The zero-order valence-corrected chi connectivity index (χ0v) is 22.6. The molecule has 2 aliphatic heterocycles. The first-order valence-corrected chi connectivity index (χ1v) is 13.3. The maximum absolute atomic E-state index is 13.8. The summed E-state index contributed by atoms with van der Waals surface area (Å²) in [6, 6.07) is 20.3. The number of amides is 1. The number of hydrogen-bond acceptors (Lipinski definition) is 4. The number of nitrogens with zero attached hydrogens (tertiary/aromatic N) is 3. The molecule has 0 saturated heterocycles. The molecule has 0 radical (unpaired) electrons. The van der Waals surface area contributed by atoms with E-state index >= 15 is 0 Å². The van der Waals surface area contributed by atoms with Crippen molar-refractivity contribution >= 4 is 34.5 Å². The topological polar surface area (TPSA) is 56.1 Å². The molecule has 42 heavy (non-hydrogen) atoms. The summed E-state index contributed by atoms with van der Waals surface area (Å²) >= 11 is 6.28. The summed E-state index contributed by atoms with van der Waals surface area (Å²) in [6.07, 6.45) is -10.6. The van der Waals surface area contributed by atoms with Gasteiger partial charge in [-0.25, -0.2) is 0 Å². The first kappa shape index (κ1) is 29.7. The Kier molecular flexibility index (Phi) is 7.84. The Morgan fingerprint density at radius 2 is 1.57 bits per heavy atom. The first-order chi connectivity index (χ1) is 19.8. The second kappa shape index (κ2) is 11.1. The molecule has 1 N–H and O–H groups in total. The average molecular weight is 608 g/mol. The monoisotopic (exact) mass is 607 g/mol. The van der Waals surface area contributed by atoms with Gasteiger partial charge in [0, 0.05) is 25.1 Å². The number of halogens is 7. The largest absolute Gasteiger partial charge is 0.431 e. The average Bonchev–Trinajstić information content (AvgIpc) is 3.41. The smallest absolute Gasteiger partial charge is 0.369 e. The number of rotatable bonds is 5. The molecule has 5 rings (SSSR count). The summed E-state index contributed by atoms with van der Waals surface area (Å²) in [7, 11) is 0. The van der Waals surface area contributed by atoms with Crippen LogP contribution in [0.2, 0.25) is 5.02 Å². The van der Waals surface area contributed by atoms with Crippen molar-refractivity contribution in [2.24, 2.45) is 5.10 Å². The molecule has 0 saturated carbocycles. The number of aliphatic hydroxyl groups is 1. The zero-order chi connectivity index (χ0) is 30.3. The van der Waals surface area contributed by atoms with Crippen LogP contribution in [0.4, 0.5) is 32.0 Å². The van der Waals surface area contributed by atoms with E-state index in [1.807, 2.05) is 12.1 Å². The summed E-state index contributed by atoms with van der Waals surface area (Å²) in [4.78, 5) is 14.5. The van der Waals surface area contributed by atoms with Crippen molar-refractivity contribution in [3.63, 3.8) is 0 Å². The number of carbonyl (C=O) groups is 1. The standard InChI is InChI=1S/C30H24ClF6N3O2/c31-23-11-4-5-12-24(23)40-25(18-26(38-40)28(42,29(32,33)34)30(35,36)37)22-10-6-9-21(17-22)19-13-15-39(16-14-19)27(41)20-7-2-1-3-8-20/h1-13,17,25,42H,14-16,18H2. The minimum atomic E-state index is -6.07. The van der Waals surface area contributed by atoms with Crippen LogP contribution in [0.15, 0.2) is 90.0 Å². The van der Waals surface area contributed by atoms with Crippen molar-refractivity contribution in [3.05, 3.63) is 107 Å². The summed E-state index contributed by atoms with van der Waals surface area (Å²) in [5, 5.41) is 14.9. The number of anilines is 1. The van der Waals surface area contributed by atoms with Crippen LogP contribution in [0, 0.1) is 0 Å². The molecule has 0 aromatic heterocycles. The molecule has 3 aromatic carbocycles. The lowest BCUT2D eigenvalue weighted by Gasteiger charge is -2.32. The lowest BCUT2D eigenvalue weighted by atomic mass is 9.88. The van der Waals surface area contributed by atoms with Gasteiger partial charge in [-0.1, -0.05) is 66.2 Å². The summed E-state index contributed by atoms with van der Waals surface area (Å²) in [5.41, 5.74) is -4.03. The van der Waals surface area contributed by atoms with Crippen LogP contribution >= 0.6 is 11.6 Å². The third-order valence-corrected chi connectivity index (χ3v) is 7.73. The normalized spacial score (nSPS) is 18.1. The van der Waals surface area contributed by atoms with Gasteiger partial charge >= 0.3 is 12.4 Å². The fourth-order valence-corrected chi connectivity index (χ4v) is 5.38. The maximum atomic E-state index is 13.8. The molecular weight excluding hydrogens is 584 g/mol. The van der Waals surface area contributed by atoms with Gasteiger partial charge in [-0.15, -0.1) is 0 Å². The summed E-state index contributed by atoms with van der Waals surface area (Å²) < 4.78 is 82.6. The van der Waals surface area contributed by atoms with Crippen LogP contribution in [0.1, 0.15) is 40.4 Å². The van der Waals surface area contributed by atoms with E-state index in [0.717, 1.165) is 10.6 Å². The van der Waals surface area contributed by atoms with E-state index in [1.165, 1.54) is 18.2 Å². The van der Waals surface area contributed by atoms with Gasteiger partial charge in [0.05, 0.1) is 22.5 Å². The molecule has 1 amide bonds. The van der Waals surface area contributed by atoms with Crippen molar-refractivity contribution in [3.8, 4) is 0 Å². The van der Waals surface area contributed by atoms with Crippen molar-refractivity contribution in [2.45, 2.75) is 36.8 Å². The van der Waals surface area contributed by atoms with Gasteiger partial charge in [-0.3, -0.25) is 9.80 Å². The number of hydrogen-bond donors (Lipinski definition) is 1. The van der Waals surface area contributed by atoms with E-state index in [2.05, 4.69) is 5.10 Å². The Balaban J connectivity index is 1.47. The molecular formula is C30H24ClF6N3O2. The number of alkyl halides is 6. The molecule has 0 aliphatic carbocycles. The lowest BCUT2D eigenvalue weighted by molar-refractivity contribution is -0.338. The van der Waals surface area contributed by atoms with Gasteiger partial charge in [-0.2, -0.15) is 31.4 Å². The second-order valence-electron chi connectivity index (χ2n) is 9.99. The van der Waals surface area contributed by atoms with Gasteiger partial charge in [-0.05, 0) is 53.5 Å². The van der Waals surface area contributed by atoms with Crippen LogP contribution in [0.5, 0.6) is 0 Å². The van der Waals surface area contributed by atoms with Crippen molar-refractivity contribution in [2.75, 3.05) is 18.1 Å². The van der Waals surface area contributed by atoms with E-state index in [0.29, 0.717) is 36.2 Å². The highest BCUT2D eigenvalue weighted by atomic mass is 35.5. The van der Waals surface area contributed by atoms with Crippen LogP contribution < -0.4 is 5.01 Å². The predicted molar refractivity (Wildman–Crippen MR) is 147 cm³/mol. The molecule has 1 atom stereocenters. The zero-order valence-electron chi connectivity index (χ0n) is 21.8. The van der Waals surface area contributed by atoms with Crippen LogP contribution in [0.25, 0.3) is 5.57 Å². The third-order valence-electron chi connectivity index (χ3n) is 7.41. The van der Waals surface area contributed by atoms with Crippen LogP contribution in [0.3, 0.4) is 0 Å². The fourth-order valence-electron chi connectivity index (χ4n) is 5.16. The first-order valence-electron chi connectivity index (χ1n) is 12.9. The molecule has 0 bridgehead atoms. The van der Waals surface area contributed by atoms with Gasteiger partial charge in [0.15, 0.2) is 0 Å². The maximum Gasteiger partial charge on any atom is 0.431 e. The molecule has 2 aliphatic rings. The quantitative estimate of drug-likeness (QED) is 0.307. The third kappa shape index (κ3) is 5.38. The highest BCUT2D eigenvalue weighted by molar-refractivity contribution is 6.33. The molecule has 12 heteroatoms. The number of benzene rings is 3. The SMILES string of the molecule is O=C(c1ccccc1)N1CC=C(c2cccc(C3CC(C(O)(C(F)(F)F)C(F)(F)F)=NN3c3ccccc3Cl)c2)CC1. The summed E-state index contributed by atoms with van der Waals surface area (Å²) in [5.74, 6) is -0.118. The molecule has 220 valence electrons. The van der Waals surface area contributed by atoms with Gasteiger partial charge in [0.1, 0.15) is 0 Å². The van der Waals surface area contributed by atoms with Gasteiger partial charge < -0.3 is 10.0 Å². The minimum Gasteiger partial charge on any atom is -0.369 e. The van der Waals surface area contributed by atoms with Crippen LogP contribution in [-0.2, 0) is 0 Å². The number of hydrazone groups is 1. The molecule has 1 unspecified atom stereocenters. The molecule has 5 nitrogen and oxygen atoms in total. The van der Waals surface area contributed by atoms with E-state index in [4.69, 9.17) is 11.6 Å². The highest BCUT2D eigenvalue weighted by Gasteiger charge is 2.74. The van der Waals surface area contributed by atoms with Crippen molar-refractivity contribution in [1.29, 1.82) is 0 Å². The Bertz CT molecular complexity index is 1520. The van der Waals surface area contributed by atoms with Crippen molar-refractivity contribution < 1.29 is 36.2 Å². The molecule has 0 fully saturated rings. The van der Waals surface area contributed by atoms with Crippen molar-refractivity contribution in [1.82, 2.24) is 4.90 Å². The van der Waals surface area contributed by atoms with Gasteiger partial charge in [0.2, 0.25) is 0 Å². The highest BCUT2D eigenvalue weighted by Crippen LogP contribution is 2.49.